The summed E-state index contributed by atoms with van der Waals surface area (Å²) in [6.07, 6.45) is -2.96. The van der Waals surface area contributed by atoms with Gasteiger partial charge in [0.05, 0.1) is 35.3 Å². The summed E-state index contributed by atoms with van der Waals surface area (Å²) in [7, 11) is 3.17. The molecule has 1 N–H and O–H groups in total. The van der Waals surface area contributed by atoms with Gasteiger partial charge >= 0.3 is 6.18 Å². The predicted molar refractivity (Wildman–Crippen MR) is 135 cm³/mol. The largest absolute Gasteiger partial charge is 0.481 e. The van der Waals surface area contributed by atoms with Crippen LogP contribution in [0.25, 0.3) is 27.5 Å². The molecule has 5 aromatic rings. The molecule has 0 radical (unpaired) electrons. The van der Waals surface area contributed by atoms with Gasteiger partial charge in [-0.2, -0.15) is 18.3 Å². The lowest BCUT2D eigenvalue weighted by molar-refractivity contribution is -0.137. The first kappa shape index (κ1) is 25.0. The topological polar surface area (TPSA) is 91.0 Å². The molecule has 1 atom stereocenters. The molecule has 8 nitrogen and oxygen atoms in total. The number of nitrogens with zero attached hydrogens (tertiary/aromatic N) is 4. The summed E-state index contributed by atoms with van der Waals surface area (Å²) in [5.41, 5.74) is 0.718. The van der Waals surface area contributed by atoms with E-state index in [9.17, 15) is 22.8 Å². The van der Waals surface area contributed by atoms with Gasteiger partial charge in [0.1, 0.15) is 5.52 Å². The van der Waals surface area contributed by atoms with E-state index in [1.165, 1.54) is 28.5 Å². The van der Waals surface area contributed by atoms with Crippen LogP contribution in [0.1, 0.15) is 34.6 Å². The Bertz CT molecular complexity index is 1740. The number of nitrogens with one attached hydrogen (secondary N) is 1. The third-order valence-corrected chi connectivity index (χ3v) is 6.22. The maximum Gasteiger partial charge on any atom is 0.416 e. The molecule has 0 saturated heterocycles. The van der Waals surface area contributed by atoms with Crippen LogP contribution in [-0.2, 0) is 13.2 Å². The summed E-state index contributed by atoms with van der Waals surface area (Å²) in [6.45, 7) is 1.79. The number of benzene rings is 2. The predicted octanol–water partition coefficient (Wildman–Crippen LogP) is 4.79. The number of carbonyl (C=O) groups is 1. The molecule has 0 saturated carbocycles. The normalized spacial score (nSPS) is 12.6. The van der Waals surface area contributed by atoms with Gasteiger partial charge in [0, 0.05) is 35.9 Å². The van der Waals surface area contributed by atoms with E-state index in [-0.39, 0.29) is 17.0 Å². The van der Waals surface area contributed by atoms with Crippen molar-refractivity contribution in [2.24, 2.45) is 7.05 Å². The second-order valence-electron chi connectivity index (χ2n) is 8.78. The summed E-state index contributed by atoms with van der Waals surface area (Å²) in [5.74, 6) is 0.0495. The summed E-state index contributed by atoms with van der Waals surface area (Å²) in [6, 6.07) is 13.9. The number of amides is 1. The Morgan fingerprint density at radius 1 is 1.05 bits per heavy atom. The molecular weight excluding hydrogens is 499 g/mol. The Balaban J connectivity index is 1.59. The molecule has 5 rings (SSSR count). The van der Waals surface area contributed by atoms with Gasteiger partial charge in [0.15, 0.2) is 0 Å². The Morgan fingerprint density at radius 3 is 2.47 bits per heavy atom. The van der Waals surface area contributed by atoms with Gasteiger partial charge in [-0.05, 0) is 55.5 Å². The summed E-state index contributed by atoms with van der Waals surface area (Å²) < 4.78 is 47.2. The zero-order valence-electron chi connectivity index (χ0n) is 20.6. The lowest BCUT2D eigenvalue weighted by Crippen LogP contribution is -2.27. The third-order valence-electron chi connectivity index (χ3n) is 6.22. The summed E-state index contributed by atoms with van der Waals surface area (Å²) in [4.78, 5) is 30.9. The molecular formula is C27H22F3N5O3. The van der Waals surface area contributed by atoms with Crippen LogP contribution in [0.2, 0.25) is 0 Å². The van der Waals surface area contributed by atoms with Crippen molar-refractivity contribution in [1.29, 1.82) is 0 Å². The smallest absolute Gasteiger partial charge is 0.416 e. The fourth-order valence-electron chi connectivity index (χ4n) is 4.33. The fraction of sp³-hybridized carbons (Fsp3) is 0.185. The number of aromatic nitrogens is 4. The van der Waals surface area contributed by atoms with Gasteiger partial charge < -0.3 is 10.1 Å². The maximum atomic E-state index is 13.4. The first-order chi connectivity index (χ1) is 18.1. The number of fused-ring (bicyclic) bond motifs is 3. The standard InChI is InChI=1S/C27H22F3N5O3/c1-15(21-5-4-6-23(32-21)38-3)31-25(36)16-7-12-22-19(13-16)24-20(14-34(2)33-24)26(37)35(22)18-10-8-17(9-11-18)27(28,29)30/h4-15H,1-3H3,(H,31,36)/t15-/m0/s1. The Morgan fingerprint density at radius 2 is 1.79 bits per heavy atom. The first-order valence-corrected chi connectivity index (χ1v) is 11.6. The van der Waals surface area contributed by atoms with Gasteiger partial charge in [0.25, 0.3) is 11.5 Å². The second kappa shape index (κ2) is 9.33. The Labute approximate surface area is 214 Å². The molecule has 0 aliphatic carbocycles. The SMILES string of the molecule is COc1cccc([C@H](C)NC(=O)c2ccc3c(c2)c2nn(C)cc2c(=O)n3-c2ccc(C(F)(F)F)cc2)n1. The molecule has 0 fully saturated rings. The highest BCUT2D eigenvalue weighted by Crippen LogP contribution is 2.31. The second-order valence-corrected chi connectivity index (χ2v) is 8.78. The van der Waals surface area contributed by atoms with Crippen LogP contribution >= 0.6 is 0 Å². The number of alkyl halides is 3. The van der Waals surface area contributed by atoms with E-state index < -0.39 is 23.3 Å². The van der Waals surface area contributed by atoms with E-state index in [2.05, 4.69) is 15.4 Å². The van der Waals surface area contributed by atoms with Gasteiger partial charge in [-0.1, -0.05) is 6.07 Å². The van der Waals surface area contributed by atoms with Crippen LogP contribution < -0.4 is 15.6 Å². The molecule has 0 spiro atoms. The minimum absolute atomic E-state index is 0.258. The van der Waals surface area contributed by atoms with Crippen LogP contribution in [0.15, 0.2) is 71.7 Å². The molecule has 38 heavy (non-hydrogen) atoms. The average molecular weight is 521 g/mol. The molecule has 0 aliphatic heterocycles. The minimum Gasteiger partial charge on any atom is -0.481 e. The fourth-order valence-corrected chi connectivity index (χ4v) is 4.33. The van der Waals surface area contributed by atoms with E-state index in [1.807, 2.05) is 0 Å². The van der Waals surface area contributed by atoms with Crippen LogP contribution in [-0.4, -0.2) is 32.3 Å². The van der Waals surface area contributed by atoms with Crippen molar-refractivity contribution < 1.29 is 22.7 Å². The van der Waals surface area contributed by atoms with Gasteiger partial charge in [0.2, 0.25) is 5.88 Å². The van der Waals surface area contributed by atoms with Gasteiger partial charge in [-0.3, -0.25) is 18.8 Å². The van der Waals surface area contributed by atoms with Crippen LogP contribution in [0, 0.1) is 0 Å². The average Bonchev–Trinajstić information content (AvgIpc) is 3.30. The van der Waals surface area contributed by atoms with E-state index in [0.29, 0.717) is 33.6 Å². The van der Waals surface area contributed by atoms with Crippen molar-refractivity contribution in [1.82, 2.24) is 24.6 Å². The van der Waals surface area contributed by atoms with Crippen molar-refractivity contribution >= 4 is 27.7 Å². The number of methoxy groups -OCH3 is 1. The van der Waals surface area contributed by atoms with Crippen LogP contribution in [0.4, 0.5) is 13.2 Å². The monoisotopic (exact) mass is 521 g/mol. The highest BCUT2D eigenvalue weighted by Gasteiger charge is 2.30. The van der Waals surface area contributed by atoms with E-state index in [4.69, 9.17) is 4.74 Å². The maximum absolute atomic E-state index is 13.4. The van der Waals surface area contributed by atoms with Gasteiger partial charge in [-0.25, -0.2) is 4.98 Å². The zero-order valence-corrected chi connectivity index (χ0v) is 20.6. The lowest BCUT2D eigenvalue weighted by atomic mass is 10.1. The number of ether oxygens (including phenoxy) is 1. The van der Waals surface area contributed by atoms with E-state index in [1.54, 1.807) is 56.6 Å². The van der Waals surface area contributed by atoms with Crippen molar-refractivity contribution in [3.8, 4) is 11.6 Å². The minimum atomic E-state index is -4.50. The molecule has 1 amide bonds. The molecule has 3 heterocycles. The molecule has 0 unspecified atom stereocenters. The molecule has 194 valence electrons. The number of hydrogen-bond acceptors (Lipinski definition) is 5. The van der Waals surface area contributed by atoms with E-state index >= 15 is 0 Å². The number of aryl methyl sites for hydroxylation is 1. The van der Waals surface area contributed by atoms with Crippen molar-refractivity contribution in [2.75, 3.05) is 7.11 Å². The quantitative estimate of drug-likeness (QED) is 0.359. The van der Waals surface area contributed by atoms with Crippen molar-refractivity contribution in [3.63, 3.8) is 0 Å². The van der Waals surface area contributed by atoms with E-state index in [0.717, 1.165) is 12.1 Å². The molecule has 0 aliphatic rings. The lowest BCUT2D eigenvalue weighted by Gasteiger charge is -2.16. The molecule has 2 aromatic carbocycles. The number of pyridine rings is 2. The molecule has 11 heteroatoms. The molecule has 0 bridgehead atoms. The van der Waals surface area contributed by atoms with Crippen molar-refractivity contribution in [3.05, 3.63) is 94.0 Å². The number of carbonyl (C=O) groups excluding carboxylic acids is 1. The number of halogens is 3. The summed E-state index contributed by atoms with van der Waals surface area (Å²) in [5, 5.41) is 8.08. The number of rotatable bonds is 5. The first-order valence-electron chi connectivity index (χ1n) is 11.6. The number of hydrogen-bond donors (Lipinski definition) is 1. The zero-order chi connectivity index (χ0) is 27.2. The van der Waals surface area contributed by atoms with Crippen LogP contribution in [0.5, 0.6) is 5.88 Å². The molecule has 3 aromatic heterocycles. The Hall–Kier alpha value is -4.67. The van der Waals surface area contributed by atoms with Gasteiger partial charge in [-0.15, -0.1) is 0 Å². The third kappa shape index (κ3) is 4.47. The highest BCUT2D eigenvalue weighted by molar-refractivity contribution is 6.07. The van der Waals surface area contributed by atoms with Crippen molar-refractivity contribution in [2.45, 2.75) is 19.1 Å². The van der Waals surface area contributed by atoms with Crippen LogP contribution in [0.3, 0.4) is 0 Å². The highest BCUT2D eigenvalue weighted by atomic mass is 19.4. The Kier molecular flexibility index (Phi) is 6.14. The summed E-state index contributed by atoms with van der Waals surface area (Å²) >= 11 is 0.